The largest absolute Gasteiger partial charge is 0.492 e. The molecule has 7 heteroatoms. The Kier molecular flexibility index (Phi) is 4.42. The monoisotopic (exact) mass is 346 g/mol. The summed E-state index contributed by atoms with van der Waals surface area (Å²) in [5.74, 6) is 0. The van der Waals surface area contributed by atoms with Crippen LogP contribution in [0.3, 0.4) is 0 Å². The van der Waals surface area contributed by atoms with Crippen LogP contribution >= 0.6 is 11.6 Å². The molecule has 2 heterocycles. The van der Waals surface area contributed by atoms with Crippen molar-refractivity contribution in [2.75, 3.05) is 6.61 Å². The molecule has 0 saturated carbocycles. The van der Waals surface area contributed by atoms with Crippen molar-refractivity contribution in [2.45, 2.75) is 38.9 Å². The fourth-order valence-corrected chi connectivity index (χ4v) is 2.72. The maximum absolute atomic E-state index is 9.78. The SMILES string of the molecule is CC1(C)OB(C(=Cc2ccc3ncnc(Cl)c3c2)CO)OC1(C)C. The van der Waals surface area contributed by atoms with Gasteiger partial charge in [0.05, 0.1) is 23.3 Å². The van der Waals surface area contributed by atoms with Gasteiger partial charge in [-0.05, 0) is 50.9 Å². The molecule has 1 aromatic carbocycles. The van der Waals surface area contributed by atoms with Crippen LogP contribution < -0.4 is 0 Å². The van der Waals surface area contributed by atoms with Gasteiger partial charge < -0.3 is 14.4 Å². The van der Waals surface area contributed by atoms with E-state index in [-0.39, 0.29) is 6.61 Å². The Morgan fingerprint density at radius 2 is 1.88 bits per heavy atom. The minimum atomic E-state index is -0.585. The number of aromatic nitrogens is 2. The van der Waals surface area contributed by atoms with Gasteiger partial charge in [-0.1, -0.05) is 23.7 Å². The number of hydrogen-bond donors (Lipinski definition) is 1. The lowest BCUT2D eigenvalue weighted by Gasteiger charge is -2.32. The first kappa shape index (κ1) is 17.4. The first-order chi connectivity index (χ1) is 11.2. The van der Waals surface area contributed by atoms with Gasteiger partial charge in [0.15, 0.2) is 0 Å². The standard InChI is InChI=1S/C17H20BClN2O3/c1-16(2)17(3,4)24-18(23-16)12(9-22)7-11-5-6-14-13(8-11)15(19)21-10-20-14/h5-8,10,22H,9H2,1-4H3. The number of fused-ring (bicyclic) bond motifs is 1. The number of hydrogen-bond acceptors (Lipinski definition) is 5. The van der Waals surface area contributed by atoms with Gasteiger partial charge in [-0.15, -0.1) is 0 Å². The molecule has 1 saturated heterocycles. The summed E-state index contributed by atoms with van der Waals surface area (Å²) >= 11 is 6.13. The molecule has 24 heavy (non-hydrogen) atoms. The molecule has 1 N–H and O–H groups in total. The fraction of sp³-hybridized carbons (Fsp3) is 0.412. The van der Waals surface area contributed by atoms with Crippen molar-refractivity contribution in [2.24, 2.45) is 0 Å². The van der Waals surface area contributed by atoms with E-state index in [2.05, 4.69) is 9.97 Å². The van der Waals surface area contributed by atoms with Gasteiger partial charge in [0.1, 0.15) is 11.5 Å². The van der Waals surface area contributed by atoms with Gasteiger partial charge in [0.25, 0.3) is 0 Å². The second kappa shape index (κ2) is 6.12. The third-order valence-corrected chi connectivity index (χ3v) is 5.00. The summed E-state index contributed by atoms with van der Waals surface area (Å²) in [4.78, 5) is 8.18. The van der Waals surface area contributed by atoms with Crippen LogP contribution in [0.25, 0.3) is 17.0 Å². The molecule has 126 valence electrons. The first-order valence-electron chi connectivity index (χ1n) is 7.81. The van der Waals surface area contributed by atoms with E-state index in [0.717, 1.165) is 16.5 Å². The molecule has 2 aromatic rings. The molecule has 0 atom stereocenters. The van der Waals surface area contributed by atoms with Gasteiger partial charge in [-0.25, -0.2) is 9.97 Å². The van der Waals surface area contributed by atoms with Crippen molar-refractivity contribution in [3.8, 4) is 0 Å². The Morgan fingerprint density at radius 1 is 1.21 bits per heavy atom. The minimum Gasteiger partial charge on any atom is -0.400 e. The molecular formula is C17H20BClN2O3. The third-order valence-electron chi connectivity index (χ3n) is 4.70. The predicted molar refractivity (Wildman–Crippen MR) is 95.7 cm³/mol. The molecular weight excluding hydrogens is 326 g/mol. The molecule has 1 aliphatic rings. The predicted octanol–water partition coefficient (Wildman–Crippen LogP) is 3.29. The third kappa shape index (κ3) is 3.07. The fourth-order valence-electron chi connectivity index (χ4n) is 2.53. The molecule has 0 spiro atoms. The molecule has 5 nitrogen and oxygen atoms in total. The van der Waals surface area contributed by atoms with Crippen LogP contribution in [0.1, 0.15) is 33.3 Å². The number of benzene rings is 1. The van der Waals surface area contributed by atoms with E-state index in [4.69, 9.17) is 20.9 Å². The Balaban J connectivity index is 1.96. The van der Waals surface area contributed by atoms with Crippen LogP contribution in [0, 0.1) is 0 Å². The van der Waals surface area contributed by atoms with Crippen molar-refractivity contribution in [3.05, 3.63) is 40.7 Å². The molecule has 1 fully saturated rings. The highest BCUT2D eigenvalue weighted by Gasteiger charge is 2.52. The Hall–Kier alpha value is -1.47. The maximum atomic E-state index is 9.78. The van der Waals surface area contributed by atoms with E-state index in [1.807, 2.05) is 52.0 Å². The van der Waals surface area contributed by atoms with E-state index in [0.29, 0.717) is 10.6 Å². The summed E-state index contributed by atoms with van der Waals surface area (Å²) in [5, 5.41) is 10.9. The van der Waals surface area contributed by atoms with E-state index in [1.165, 1.54) is 6.33 Å². The highest BCUT2D eigenvalue weighted by molar-refractivity contribution is 6.55. The topological polar surface area (TPSA) is 64.5 Å². The molecule has 1 aliphatic heterocycles. The summed E-state index contributed by atoms with van der Waals surface area (Å²) in [6.07, 6.45) is 3.29. The van der Waals surface area contributed by atoms with Crippen LogP contribution in [0.2, 0.25) is 5.15 Å². The van der Waals surface area contributed by atoms with Crippen LogP contribution in [-0.2, 0) is 9.31 Å². The van der Waals surface area contributed by atoms with E-state index < -0.39 is 18.3 Å². The number of aliphatic hydroxyl groups excluding tert-OH is 1. The Morgan fingerprint density at radius 3 is 2.50 bits per heavy atom. The summed E-state index contributed by atoms with van der Waals surface area (Å²) in [6.45, 7) is 7.77. The highest BCUT2D eigenvalue weighted by atomic mass is 35.5. The zero-order valence-electron chi connectivity index (χ0n) is 14.2. The molecule has 0 amide bonds. The number of nitrogens with zero attached hydrogens (tertiary/aromatic N) is 2. The summed E-state index contributed by atoms with van der Waals surface area (Å²) in [7, 11) is -0.585. The van der Waals surface area contributed by atoms with E-state index in [1.54, 1.807) is 0 Å². The summed E-state index contributed by atoms with van der Waals surface area (Å²) < 4.78 is 12.0. The smallest absolute Gasteiger partial charge is 0.400 e. The zero-order valence-corrected chi connectivity index (χ0v) is 15.0. The van der Waals surface area contributed by atoms with Crippen molar-refractivity contribution >= 4 is 35.7 Å². The highest BCUT2D eigenvalue weighted by Crippen LogP contribution is 2.38. The molecule has 3 rings (SSSR count). The van der Waals surface area contributed by atoms with Gasteiger partial charge >= 0.3 is 7.12 Å². The Bertz CT molecular complexity index is 792. The zero-order chi connectivity index (χ0) is 17.5. The van der Waals surface area contributed by atoms with Gasteiger partial charge in [0.2, 0.25) is 0 Å². The minimum absolute atomic E-state index is 0.159. The first-order valence-corrected chi connectivity index (χ1v) is 8.18. The second-order valence-corrected chi connectivity index (χ2v) is 7.26. The lowest BCUT2D eigenvalue weighted by Crippen LogP contribution is -2.41. The second-order valence-electron chi connectivity index (χ2n) is 6.91. The average molecular weight is 347 g/mol. The van der Waals surface area contributed by atoms with E-state index >= 15 is 0 Å². The average Bonchev–Trinajstić information content (AvgIpc) is 2.73. The lowest BCUT2D eigenvalue weighted by molar-refractivity contribution is 0.00578. The van der Waals surface area contributed by atoms with Crippen molar-refractivity contribution in [1.82, 2.24) is 9.97 Å². The number of rotatable bonds is 3. The van der Waals surface area contributed by atoms with Crippen LogP contribution in [0.4, 0.5) is 0 Å². The molecule has 1 aromatic heterocycles. The maximum Gasteiger partial charge on any atom is 0.492 e. The molecule has 0 aliphatic carbocycles. The van der Waals surface area contributed by atoms with Crippen LogP contribution in [0.5, 0.6) is 0 Å². The summed E-state index contributed by atoms with van der Waals surface area (Å²) in [6, 6.07) is 5.67. The van der Waals surface area contributed by atoms with Gasteiger partial charge in [-0.2, -0.15) is 0 Å². The normalized spacial score (nSPS) is 19.9. The summed E-state index contributed by atoms with van der Waals surface area (Å²) in [5.41, 5.74) is 1.39. The van der Waals surface area contributed by atoms with Gasteiger partial charge in [-0.3, -0.25) is 0 Å². The quantitative estimate of drug-likeness (QED) is 0.682. The van der Waals surface area contributed by atoms with Crippen molar-refractivity contribution in [1.29, 1.82) is 0 Å². The lowest BCUT2D eigenvalue weighted by atomic mass is 9.77. The Labute approximate surface area is 146 Å². The van der Waals surface area contributed by atoms with Crippen LogP contribution in [0.15, 0.2) is 30.0 Å². The molecule has 0 unspecified atom stereocenters. The van der Waals surface area contributed by atoms with E-state index in [9.17, 15) is 5.11 Å². The molecule has 0 bridgehead atoms. The number of halogens is 1. The van der Waals surface area contributed by atoms with Crippen molar-refractivity contribution < 1.29 is 14.4 Å². The molecule has 0 radical (unpaired) electrons. The van der Waals surface area contributed by atoms with Crippen LogP contribution in [-0.4, -0.2) is 40.0 Å². The van der Waals surface area contributed by atoms with Gasteiger partial charge in [0, 0.05) is 5.39 Å². The number of aliphatic hydroxyl groups is 1. The van der Waals surface area contributed by atoms with Crippen molar-refractivity contribution in [3.63, 3.8) is 0 Å².